The summed E-state index contributed by atoms with van der Waals surface area (Å²) in [5.41, 5.74) is 0. The van der Waals surface area contributed by atoms with Gasteiger partial charge < -0.3 is 9.32 Å². The molecule has 2 rings (SSSR count). The van der Waals surface area contributed by atoms with Gasteiger partial charge >= 0.3 is 0 Å². The number of likely N-dealkylation sites (tertiary alicyclic amines) is 1. The summed E-state index contributed by atoms with van der Waals surface area (Å²) >= 11 is 3.50. The first kappa shape index (κ1) is 15.7. The van der Waals surface area contributed by atoms with Crippen molar-refractivity contribution in [3.63, 3.8) is 0 Å². The molecule has 1 saturated heterocycles. The molecule has 0 unspecified atom stereocenters. The van der Waals surface area contributed by atoms with Gasteiger partial charge in [0.2, 0.25) is 11.8 Å². The highest BCUT2D eigenvalue weighted by Gasteiger charge is 2.22. The fourth-order valence-electron chi connectivity index (χ4n) is 1.87. The summed E-state index contributed by atoms with van der Waals surface area (Å²) in [5.74, 6) is 2.72. The lowest BCUT2D eigenvalue weighted by atomic mass is 10.3. The van der Waals surface area contributed by atoms with E-state index in [9.17, 15) is 4.79 Å². The summed E-state index contributed by atoms with van der Waals surface area (Å²) in [6.07, 6.45) is 1.57. The zero-order valence-corrected chi connectivity index (χ0v) is 13.9. The topological polar surface area (TPSA) is 59.2 Å². The van der Waals surface area contributed by atoms with Crippen molar-refractivity contribution in [3.05, 3.63) is 5.89 Å². The second-order valence-electron chi connectivity index (χ2n) is 5.69. The minimum atomic E-state index is 0.180. The van der Waals surface area contributed by atoms with Crippen molar-refractivity contribution < 1.29 is 9.21 Å². The molecule has 1 fully saturated rings. The lowest BCUT2D eigenvalue weighted by molar-refractivity contribution is -0.128. The van der Waals surface area contributed by atoms with Gasteiger partial charge in [-0.2, -0.15) is 11.8 Å². The molecule has 0 N–H and O–H groups in total. The van der Waals surface area contributed by atoms with Crippen LogP contribution in [0.2, 0.25) is 0 Å². The monoisotopic (exact) mass is 315 g/mol. The number of amides is 1. The van der Waals surface area contributed by atoms with Crippen molar-refractivity contribution in [2.45, 2.75) is 50.1 Å². The van der Waals surface area contributed by atoms with Crippen molar-refractivity contribution >= 4 is 29.4 Å². The van der Waals surface area contributed by atoms with E-state index >= 15 is 0 Å². The molecule has 2 heterocycles. The first-order chi connectivity index (χ1) is 9.44. The molecule has 1 amide bonds. The van der Waals surface area contributed by atoms with Crippen LogP contribution in [0.1, 0.15) is 39.5 Å². The Morgan fingerprint density at radius 1 is 1.30 bits per heavy atom. The van der Waals surface area contributed by atoms with E-state index in [4.69, 9.17) is 4.42 Å². The third-order valence-corrected chi connectivity index (χ3v) is 5.14. The summed E-state index contributed by atoms with van der Waals surface area (Å²) in [4.78, 5) is 13.3. The van der Waals surface area contributed by atoms with Crippen LogP contribution >= 0.6 is 23.5 Å². The second kappa shape index (κ2) is 6.85. The first-order valence-corrected chi connectivity index (χ1v) is 8.78. The fraction of sp³-hybridized carbons (Fsp3) is 0.769. The number of carbonyl (C=O) groups is 1. The minimum absolute atomic E-state index is 0.180. The fourth-order valence-corrected chi connectivity index (χ4v) is 3.58. The average molecular weight is 315 g/mol. The molecule has 0 saturated carbocycles. The third-order valence-electron chi connectivity index (χ3n) is 2.79. The molecule has 0 aromatic carbocycles. The van der Waals surface area contributed by atoms with E-state index < -0.39 is 0 Å². The summed E-state index contributed by atoms with van der Waals surface area (Å²) in [5, 5.41) is 8.62. The van der Waals surface area contributed by atoms with Gasteiger partial charge in [0.05, 0.1) is 6.54 Å². The normalized spacial score (nSPS) is 16.1. The quantitative estimate of drug-likeness (QED) is 0.594. The van der Waals surface area contributed by atoms with E-state index in [-0.39, 0.29) is 10.7 Å². The van der Waals surface area contributed by atoms with Crippen LogP contribution in [0.3, 0.4) is 0 Å². The Labute approximate surface area is 128 Å². The van der Waals surface area contributed by atoms with E-state index in [0.717, 1.165) is 24.5 Å². The van der Waals surface area contributed by atoms with Crippen LogP contribution in [0.25, 0.3) is 0 Å². The first-order valence-electron chi connectivity index (χ1n) is 6.81. The molecule has 112 valence electrons. The van der Waals surface area contributed by atoms with Gasteiger partial charge in [-0.25, -0.2) is 0 Å². The van der Waals surface area contributed by atoms with E-state index in [2.05, 4.69) is 31.0 Å². The van der Waals surface area contributed by atoms with Gasteiger partial charge in [0.1, 0.15) is 0 Å². The van der Waals surface area contributed by atoms with Crippen LogP contribution in [0, 0.1) is 0 Å². The maximum Gasteiger partial charge on any atom is 0.276 e. The zero-order chi connectivity index (χ0) is 14.6. The Balaban J connectivity index is 1.73. The van der Waals surface area contributed by atoms with Crippen LogP contribution in [0.5, 0.6) is 0 Å². The summed E-state index contributed by atoms with van der Waals surface area (Å²) in [6, 6.07) is 0. The molecule has 0 aliphatic carbocycles. The van der Waals surface area contributed by atoms with Gasteiger partial charge in [0, 0.05) is 29.2 Å². The third kappa shape index (κ3) is 5.01. The largest absolute Gasteiger partial charge is 0.414 e. The Morgan fingerprint density at radius 2 is 2.10 bits per heavy atom. The molecule has 7 heteroatoms. The zero-order valence-electron chi connectivity index (χ0n) is 12.2. The Hall–Kier alpha value is -0.690. The van der Waals surface area contributed by atoms with Gasteiger partial charge in [-0.05, 0) is 6.42 Å². The Morgan fingerprint density at radius 3 is 2.75 bits per heavy atom. The summed E-state index contributed by atoms with van der Waals surface area (Å²) in [6.45, 7) is 7.87. The van der Waals surface area contributed by atoms with E-state index in [1.165, 1.54) is 0 Å². The summed E-state index contributed by atoms with van der Waals surface area (Å²) in [7, 11) is 0. The highest BCUT2D eigenvalue weighted by atomic mass is 32.2. The highest BCUT2D eigenvalue weighted by Crippen LogP contribution is 2.26. The number of aromatic nitrogens is 2. The smallest absolute Gasteiger partial charge is 0.276 e. The van der Waals surface area contributed by atoms with Crippen LogP contribution in [0.4, 0.5) is 0 Å². The second-order valence-corrected chi connectivity index (χ2v) is 8.66. The number of thioether (sulfide) groups is 2. The Kier molecular flexibility index (Phi) is 5.37. The van der Waals surface area contributed by atoms with Gasteiger partial charge in [-0.15, -0.1) is 10.2 Å². The standard InChI is InChI=1S/C13H21N3O2S2/c1-13(2,3)20-8-7-19-12-15-14-10(18-12)9-16-6-4-5-11(16)17/h4-9H2,1-3H3. The number of hydrogen-bond acceptors (Lipinski definition) is 6. The predicted molar refractivity (Wildman–Crippen MR) is 81.9 cm³/mol. The molecule has 0 radical (unpaired) electrons. The van der Waals surface area contributed by atoms with Crippen LogP contribution in [-0.4, -0.2) is 43.8 Å². The summed E-state index contributed by atoms with van der Waals surface area (Å²) < 4.78 is 5.85. The maximum atomic E-state index is 11.5. The number of hydrogen-bond donors (Lipinski definition) is 0. The van der Waals surface area contributed by atoms with Crippen molar-refractivity contribution in [1.29, 1.82) is 0 Å². The molecule has 1 aliphatic heterocycles. The molecule has 1 aromatic heterocycles. The van der Waals surface area contributed by atoms with Crippen molar-refractivity contribution in [1.82, 2.24) is 15.1 Å². The highest BCUT2D eigenvalue weighted by molar-refractivity contribution is 8.03. The van der Waals surface area contributed by atoms with Crippen molar-refractivity contribution in [3.8, 4) is 0 Å². The van der Waals surface area contributed by atoms with E-state index in [0.29, 0.717) is 24.1 Å². The molecule has 0 spiro atoms. The molecule has 20 heavy (non-hydrogen) atoms. The number of rotatable bonds is 6. The van der Waals surface area contributed by atoms with Crippen LogP contribution in [0.15, 0.2) is 9.64 Å². The van der Waals surface area contributed by atoms with E-state index in [1.807, 2.05) is 11.8 Å². The average Bonchev–Trinajstić information content (AvgIpc) is 2.95. The molecule has 1 aliphatic rings. The minimum Gasteiger partial charge on any atom is -0.414 e. The predicted octanol–water partition coefficient (Wildman–Crippen LogP) is 2.82. The molecule has 0 bridgehead atoms. The van der Waals surface area contributed by atoms with Gasteiger partial charge in [0.25, 0.3) is 5.22 Å². The van der Waals surface area contributed by atoms with Gasteiger partial charge in [-0.1, -0.05) is 32.5 Å². The lowest BCUT2D eigenvalue weighted by Gasteiger charge is -2.16. The Bertz CT molecular complexity index is 457. The molecular formula is C13H21N3O2S2. The molecule has 5 nitrogen and oxygen atoms in total. The molecule has 0 atom stereocenters. The SMILES string of the molecule is CC(C)(C)SCCSc1nnc(CN2CCCC2=O)o1. The lowest BCUT2D eigenvalue weighted by Crippen LogP contribution is -2.23. The number of nitrogens with zero attached hydrogens (tertiary/aromatic N) is 3. The molecule has 1 aromatic rings. The molecular weight excluding hydrogens is 294 g/mol. The van der Waals surface area contributed by atoms with Crippen molar-refractivity contribution in [2.75, 3.05) is 18.1 Å². The van der Waals surface area contributed by atoms with Gasteiger partial charge in [-0.3, -0.25) is 4.79 Å². The number of carbonyl (C=O) groups excluding carboxylic acids is 1. The van der Waals surface area contributed by atoms with Crippen LogP contribution in [-0.2, 0) is 11.3 Å². The van der Waals surface area contributed by atoms with Gasteiger partial charge in [0.15, 0.2) is 0 Å². The van der Waals surface area contributed by atoms with Crippen LogP contribution < -0.4 is 0 Å². The van der Waals surface area contributed by atoms with Crippen molar-refractivity contribution in [2.24, 2.45) is 0 Å². The maximum absolute atomic E-state index is 11.5. The van der Waals surface area contributed by atoms with E-state index in [1.54, 1.807) is 16.7 Å².